The molecule has 0 heterocycles. The van der Waals surface area contributed by atoms with Gasteiger partial charge in [0.15, 0.2) is 5.84 Å². The summed E-state index contributed by atoms with van der Waals surface area (Å²) in [7, 11) is 0. The molecule has 0 amide bonds. The second-order valence-corrected chi connectivity index (χ2v) is 6.35. The third kappa shape index (κ3) is 4.06. The van der Waals surface area contributed by atoms with Gasteiger partial charge in [-0.25, -0.2) is 0 Å². The molecule has 2 aromatic rings. The average Bonchev–Trinajstić information content (AvgIpc) is 2.48. The highest BCUT2D eigenvalue weighted by atomic mass is 35.5. The fourth-order valence-corrected chi connectivity index (χ4v) is 3.39. The lowest BCUT2D eigenvalue weighted by Crippen LogP contribution is -2.13. The topological polar surface area (TPSA) is 58.6 Å². The van der Waals surface area contributed by atoms with E-state index in [-0.39, 0.29) is 5.84 Å². The van der Waals surface area contributed by atoms with Crippen molar-refractivity contribution in [2.45, 2.75) is 17.6 Å². The van der Waals surface area contributed by atoms with E-state index in [0.29, 0.717) is 15.6 Å². The van der Waals surface area contributed by atoms with Gasteiger partial charge in [0, 0.05) is 21.2 Å². The first-order valence-electron chi connectivity index (χ1n) is 6.16. The van der Waals surface area contributed by atoms with E-state index in [9.17, 15) is 0 Å². The largest absolute Gasteiger partial charge is 0.409 e. The number of benzene rings is 2. The number of halogens is 2. The number of rotatable bonds is 4. The smallest absolute Gasteiger partial charge is 0.170 e. The van der Waals surface area contributed by atoms with Crippen LogP contribution >= 0.6 is 35.0 Å². The van der Waals surface area contributed by atoms with Crippen LogP contribution in [0.4, 0.5) is 0 Å². The Bertz CT molecular complexity index is 689. The predicted octanol–water partition coefficient (Wildman–Crippen LogP) is 4.69. The van der Waals surface area contributed by atoms with E-state index < -0.39 is 0 Å². The molecule has 0 aliphatic rings. The number of oxime groups is 1. The molecule has 0 spiro atoms. The highest BCUT2D eigenvalue weighted by Crippen LogP contribution is 2.32. The predicted molar refractivity (Wildman–Crippen MR) is 89.7 cm³/mol. The molecule has 0 aliphatic heterocycles. The van der Waals surface area contributed by atoms with Gasteiger partial charge in [-0.3, -0.25) is 0 Å². The summed E-state index contributed by atoms with van der Waals surface area (Å²) in [6, 6.07) is 11.1. The zero-order valence-corrected chi connectivity index (χ0v) is 13.6. The summed E-state index contributed by atoms with van der Waals surface area (Å²) in [5, 5.41) is 13.0. The van der Waals surface area contributed by atoms with Gasteiger partial charge in [0.2, 0.25) is 0 Å². The van der Waals surface area contributed by atoms with Crippen LogP contribution in [0.15, 0.2) is 46.4 Å². The molecule has 3 N–H and O–H groups in total. The van der Waals surface area contributed by atoms with Crippen LogP contribution in [0.1, 0.15) is 16.7 Å². The van der Waals surface area contributed by atoms with Gasteiger partial charge < -0.3 is 10.9 Å². The van der Waals surface area contributed by atoms with Gasteiger partial charge in [-0.2, -0.15) is 0 Å². The average molecular weight is 341 g/mol. The molecule has 0 radical (unpaired) electrons. The Morgan fingerprint density at radius 3 is 2.67 bits per heavy atom. The third-order valence-electron chi connectivity index (χ3n) is 3.02. The van der Waals surface area contributed by atoms with Crippen LogP contribution in [0.25, 0.3) is 0 Å². The Hall–Kier alpha value is -1.36. The Balaban J connectivity index is 2.15. The highest BCUT2D eigenvalue weighted by molar-refractivity contribution is 7.98. The number of amidine groups is 1. The highest BCUT2D eigenvalue weighted by Gasteiger charge is 2.07. The summed E-state index contributed by atoms with van der Waals surface area (Å²) >= 11 is 13.7. The molecule has 110 valence electrons. The lowest BCUT2D eigenvalue weighted by Gasteiger charge is -2.09. The molecule has 0 fully saturated rings. The summed E-state index contributed by atoms with van der Waals surface area (Å²) in [4.78, 5) is 0.948. The molecule has 3 nitrogen and oxygen atoms in total. The molecule has 0 aromatic heterocycles. The van der Waals surface area contributed by atoms with Crippen molar-refractivity contribution >= 4 is 40.8 Å². The molecule has 2 rings (SSSR count). The van der Waals surface area contributed by atoms with Crippen LogP contribution < -0.4 is 5.73 Å². The standard InChI is InChI=1S/C15H14Cl2N2OS/c1-9-6-10(15(18)19-20)2-3-11(9)8-21-14-7-12(16)4-5-13(14)17/h2-7,20H,8H2,1H3,(H2,18,19). The first-order chi connectivity index (χ1) is 10.0. The van der Waals surface area contributed by atoms with Crippen LogP contribution in [-0.2, 0) is 5.75 Å². The molecule has 2 aromatic carbocycles. The molecule has 0 atom stereocenters. The van der Waals surface area contributed by atoms with Gasteiger partial charge in [0.25, 0.3) is 0 Å². The van der Waals surface area contributed by atoms with Gasteiger partial charge >= 0.3 is 0 Å². The number of nitrogens with zero attached hydrogens (tertiary/aromatic N) is 1. The minimum Gasteiger partial charge on any atom is -0.409 e. The Morgan fingerprint density at radius 1 is 1.24 bits per heavy atom. The maximum atomic E-state index is 8.69. The van der Waals surface area contributed by atoms with Crippen molar-refractivity contribution in [1.82, 2.24) is 0 Å². The van der Waals surface area contributed by atoms with Crippen molar-refractivity contribution in [2.24, 2.45) is 10.9 Å². The number of hydrogen-bond acceptors (Lipinski definition) is 3. The molecule has 0 aliphatic carbocycles. The van der Waals surface area contributed by atoms with Gasteiger partial charge in [0.1, 0.15) is 0 Å². The minimum atomic E-state index is 0.107. The van der Waals surface area contributed by atoms with Crippen molar-refractivity contribution in [3.8, 4) is 0 Å². The Labute approximate surface area is 137 Å². The van der Waals surface area contributed by atoms with Crippen LogP contribution in [0.3, 0.4) is 0 Å². The lowest BCUT2D eigenvalue weighted by molar-refractivity contribution is 0.318. The van der Waals surface area contributed by atoms with Gasteiger partial charge in [-0.05, 0) is 42.3 Å². The molecular weight excluding hydrogens is 327 g/mol. The van der Waals surface area contributed by atoms with E-state index >= 15 is 0 Å². The molecule has 0 bridgehead atoms. The van der Waals surface area contributed by atoms with Crippen molar-refractivity contribution in [3.05, 3.63) is 63.1 Å². The summed E-state index contributed by atoms with van der Waals surface area (Å²) in [5.41, 5.74) is 8.51. The SMILES string of the molecule is Cc1cc(/C(N)=N/O)ccc1CSc1cc(Cl)ccc1Cl. The third-order valence-corrected chi connectivity index (χ3v) is 4.80. The fourth-order valence-electron chi connectivity index (χ4n) is 1.82. The van der Waals surface area contributed by atoms with Crippen LogP contribution in [-0.4, -0.2) is 11.0 Å². The summed E-state index contributed by atoms with van der Waals surface area (Å²) in [5.74, 6) is 0.873. The molecule has 0 unspecified atom stereocenters. The molecule has 0 saturated heterocycles. The second kappa shape index (κ2) is 7.07. The Morgan fingerprint density at radius 2 is 2.00 bits per heavy atom. The molecule has 0 saturated carbocycles. The van der Waals surface area contributed by atoms with Gasteiger partial charge in [-0.15, -0.1) is 11.8 Å². The zero-order valence-electron chi connectivity index (χ0n) is 11.3. The van der Waals surface area contributed by atoms with Gasteiger partial charge in [0.05, 0.1) is 5.02 Å². The number of nitrogens with two attached hydrogens (primary N) is 1. The maximum absolute atomic E-state index is 8.69. The zero-order chi connectivity index (χ0) is 15.4. The van der Waals surface area contributed by atoms with Crippen molar-refractivity contribution < 1.29 is 5.21 Å². The van der Waals surface area contributed by atoms with Crippen molar-refractivity contribution in [2.75, 3.05) is 0 Å². The van der Waals surface area contributed by atoms with Crippen molar-refractivity contribution in [3.63, 3.8) is 0 Å². The van der Waals surface area contributed by atoms with Crippen LogP contribution in [0.2, 0.25) is 10.0 Å². The van der Waals surface area contributed by atoms with E-state index in [2.05, 4.69) is 5.16 Å². The van der Waals surface area contributed by atoms with Crippen LogP contribution in [0, 0.1) is 6.92 Å². The summed E-state index contributed by atoms with van der Waals surface area (Å²) in [6.07, 6.45) is 0. The van der Waals surface area contributed by atoms with Gasteiger partial charge in [-0.1, -0.05) is 40.5 Å². The van der Waals surface area contributed by atoms with Crippen molar-refractivity contribution in [1.29, 1.82) is 0 Å². The van der Waals surface area contributed by atoms with E-state index in [1.807, 2.05) is 31.2 Å². The van der Waals surface area contributed by atoms with E-state index in [1.54, 1.807) is 23.9 Å². The number of aryl methyl sites for hydroxylation is 1. The van der Waals surface area contributed by atoms with E-state index in [1.165, 1.54) is 0 Å². The van der Waals surface area contributed by atoms with Crippen LogP contribution in [0.5, 0.6) is 0 Å². The van der Waals surface area contributed by atoms with E-state index in [4.69, 9.17) is 34.1 Å². The fraction of sp³-hybridized carbons (Fsp3) is 0.133. The summed E-state index contributed by atoms with van der Waals surface area (Å²) < 4.78 is 0. The maximum Gasteiger partial charge on any atom is 0.170 e. The first kappa shape index (κ1) is 16.0. The number of hydrogen-bond donors (Lipinski definition) is 2. The quantitative estimate of drug-likeness (QED) is 0.279. The lowest BCUT2D eigenvalue weighted by atomic mass is 10.1. The first-order valence-corrected chi connectivity index (χ1v) is 7.90. The second-order valence-electron chi connectivity index (χ2n) is 4.49. The number of thioether (sulfide) groups is 1. The summed E-state index contributed by atoms with van der Waals surface area (Å²) in [6.45, 7) is 1.99. The molecule has 21 heavy (non-hydrogen) atoms. The minimum absolute atomic E-state index is 0.107. The Kier molecular flexibility index (Phi) is 5.39. The normalized spacial score (nSPS) is 11.7. The molecular formula is C15H14Cl2N2OS. The van der Waals surface area contributed by atoms with E-state index in [0.717, 1.165) is 21.8 Å². The molecule has 6 heteroatoms. The monoisotopic (exact) mass is 340 g/mol.